The molecule has 0 saturated carbocycles. The molecule has 0 spiro atoms. The number of nitrogens with zero attached hydrogens (tertiary/aromatic N) is 2. The molecule has 0 saturated heterocycles. The molecule has 2 aromatic heterocycles. The lowest BCUT2D eigenvalue weighted by atomic mass is 10.2. The zero-order valence-corrected chi connectivity index (χ0v) is 15.4. The van der Waals surface area contributed by atoms with Gasteiger partial charge in [0, 0.05) is 11.9 Å². The molecule has 29 heavy (non-hydrogen) atoms. The molecule has 1 amide bonds. The van der Waals surface area contributed by atoms with Gasteiger partial charge >= 0.3 is 0 Å². The first-order chi connectivity index (χ1) is 14.2. The van der Waals surface area contributed by atoms with Crippen LogP contribution in [-0.2, 0) is 6.61 Å². The molecule has 0 unspecified atom stereocenters. The van der Waals surface area contributed by atoms with Crippen molar-refractivity contribution in [3.05, 3.63) is 90.4 Å². The molecular formula is C22H18N4O3. The average molecular weight is 386 g/mol. The molecule has 0 atom stereocenters. The van der Waals surface area contributed by atoms with Crippen LogP contribution in [0.15, 0.2) is 83.6 Å². The molecule has 0 aliphatic rings. The highest BCUT2D eigenvalue weighted by atomic mass is 16.5. The summed E-state index contributed by atoms with van der Waals surface area (Å²) in [5.41, 5.74) is 8.08. The van der Waals surface area contributed by atoms with E-state index < -0.39 is 0 Å². The first kappa shape index (κ1) is 18.2. The van der Waals surface area contributed by atoms with E-state index >= 15 is 0 Å². The number of aromatic nitrogens is 2. The smallest absolute Gasteiger partial charge is 0.277 e. The standard InChI is InChI=1S/C22H18N4O3/c23-20-11-6-16(12-24-20)22-26-19(14-29-22)21(27)25-17-7-9-18(10-8-17)28-13-15-4-2-1-3-5-15/h1-12,14H,13H2,(H2,23,24)(H,25,27). The van der Waals surface area contributed by atoms with Crippen LogP contribution in [0.25, 0.3) is 11.5 Å². The zero-order valence-electron chi connectivity index (χ0n) is 15.4. The van der Waals surface area contributed by atoms with Crippen LogP contribution in [-0.4, -0.2) is 15.9 Å². The summed E-state index contributed by atoms with van der Waals surface area (Å²) in [4.78, 5) is 20.6. The molecule has 4 rings (SSSR count). The Morgan fingerprint density at radius 1 is 1.03 bits per heavy atom. The van der Waals surface area contributed by atoms with E-state index in [-0.39, 0.29) is 11.6 Å². The zero-order chi connectivity index (χ0) is 20.1. The number of hydrogen-bond donors (Lipinski definition) is 2. The Labute approximate surface area is 167 Å². The number of carbonyl (C=O) groups excluding carboxylic acids is 1. The molecule has 0 aliphatic carbocycles. The number of pyridine rings is 1. The molecule has 0 bridgehead atoms. The van der Waals surface area contributed by atoms with Crippen molar-refractivity contribution in [3.8, 4) is 17.2 Å². The number of ether oxygens (including phenoxy) is 1. The summed E-state index contributed by atoms with van der Waals surface area (Å²) in [5, 5.41) is 2.78. The van der Waals surface area contributed by atoms with Gasteiger partial charge in [-0.2, -0.15) is 0 Å². The van der Waals surface area contributed by atoms with E-state index in [9.17, 15) is 4.79 Å². The summed E-state index contributed by atoms with van der Waals surface area (Å²) in [6.07, 6.45) is 2.84. The van der Waals surface area contributed by atoms with Crippen molar-refractivity contribution in [1.82, 2.24) is 9.97 Å². The first-order valence-electron chi connectivity index (χ1n) is 8.93. The third-order valence-electron chi connectivity index (χ3n) is 4.13. The van der Waals surface area contributed by atoms with Crippen LogP contribution in [0, 0.1) is 0 Å². The Balaban J connectivity index is 1.36. The normalized spacial score (nSPS) is 10.5. The minimum absolute atomic E-state index is 0.168. The van der Waals surface area contributed by atoms with E-state index in [0.29, 0.717) is 35.3 Å². The van der Waals surface area contributed by atoms with Crippen LogP contribution in [0.1, 0.15) is 16.1 Å². The van der Waals surface area contributed by atoms with Crippen molar-refractivity contribution < 1.29 is 13.9 Å². The fourth-order valence-corrected chi connectivity index (χ4v) is 2.61. The van der Waals surface area contributed by atoms with Gasteiger partial charge in [0.2, 0.25) is 5.89 Å². The second kappa shape index (κ2) is 8.26. The van der Waals surface area contributed by atoms with Gasteiger partial charge in [0.25, 0.3) is 5.91 Å². The van der Waals surface area contributed by atoms with Gasteiger partial charge in [-0.3, -0.25) is 4.79 Å². The lowest BCUT2D eigenvalue weighted by molar-refractivity contribution is 0.102. The van der Waals surface area contributed by atoms with Crippen LogP contribution >= 0.6 is 0 Å². The van der Waals surface area contributed by atoms with E-state index in [1.807, 2.05) is 30.3 Å². The van der Waals surface area contributed by atoms with E-state index in [4.69, 9.17) is 14.9 Å². The third kappa shape index (κ3) is 4.59. The van der Waals surface area contributed by atoms with Gasteiger partial charge in [0.1, 0.15) is 24.4 Å². The second-order valence-corrected chi connectivity index (χ2v) is 6.26. The lowest BCUT2D eigenvalue weighted by Crippen LogP contribution is -2.12. The molecule has 4 aromatic rings. The van der Waals surface area contributed by atoms with E-state index in [1.54, 1.807) is 36.4 Å². The van der Waals surface area contributed by atoms with Gasteiger partial charge < -0.3 is 20.2 Å². The summed E-state index contributed by atoms with van der Waals surface area (Å²) >= 11 is 0. The van der Waals surface area contributed by atoms with Crippen molar-refractivity contribution in [3.63, 3.8) is 0 Å². The molecule has 0 radical (unpaired) electrons. The Bertz CT molecular complexity index is 1090. The Hall–Kier alpha value is -4.13. The van der Waals surface area contributed by atoms with Gasteiger partial charge in [-0.15, -0.1) is 0 Å². The van der Waals surface area contributed by atoms with Crippen LogP contribution < -0.4 is 15.8 Å². The van der Waals surface area contributed by atoms with Gasteiger partial charge in [0.15, 0.2) is 5.69 Å². The highest BCUT2D eigenvalue weighted by Crippen LogP contribution is 2.20. The first-order valence-corrected chi connectivity index (χ1v) is 8.93. The molecular weight excluding hydrogens is 368 g/mol. The van der Waals surface area contributed by atoms with Crippen molar-refractivity contribution in [2.75, 3.05) is 11.1 Å². The number of rotatable bonds is 6. The number of benzene rings is 2. The fraction of sp³-hybridized carbons (Fsp3) is 0.0455. The number of nitrogens with one attached hydrogen (secondary N) is 1. The van der Waals surface area contributed by atoms with Crippen molar-refractivity contribution >= 4 is 17.4 Å². The summed E-state index contributed by atoms with van der Waals surface area (Å²) < 4.78 is 11.1. The maximum absolute atomic E-state index is 12.4. The average Bonchev–Trinajstić information content (AvgIpc) is 3.25. The van der Waals surface area contributed by atoms with Gasteiger partial charge in [-0.25, -0.2) is 9.97 Å². The number of carbonyl (C=O) groups is 1. The van der Waals surface area contributed by atoms with Crippen molar-refractivity contribution in [1.29, 1.82) is 0 Å². The van der Waals surface area contributed by atoms with E-state index in [1.165, 1.54) is 12.5 Å². The Kier molecular flexibility index (Phi) is 5.20. The molecule has 3 N–H and O–H groups in total. The summed E-state index contributed by atoms with van der Waals surface area (Å²) in [6, 6.07) is 20.4. The fourth-order valence-electron chi connectivity index (χ4n) is 2.61. The molecule has 0 aliphatic heterocycles. The monoisotopic (exact) mass is 386 g/mol. The quantitative estimate of drug-likeness (QED) is 0.516. The van der Waals surface area contributed by atoms with E-state index in [2.05, 4.69) is 15.3 Å². The maximum atomic E-state index is 12.4. The molecule has 7 nitrogen and oxygen atoms in total. The van der Waals surface area contributed by atoms with Crippen LogP contribution in [0.4, 0.5) is 11.5 Å². The molecule has 7 heteroatoms. The number of hydrogen-bond acceptors (Lipinski definition) is 6. The number of anilines is 2. The van der Waals surface area contributed by atoms with Gasteiger partial charge in [-0.1, -0.05) is 30.3 Å². The predicted molar refractivity (Wildman–Crippen MR) is 109 cm³/mol. The van der Waals surface area contributed by atoms with Crippen LogP contribution in [0.2, 0.25) is 0 Å². The topological polar surface area (TPSA) is 103 Å². The highest BCUT2D eigenvalue weighted by Gasteiger charge is 2.14. The largest absolute Gasteiger partial charge is 0.489 e. The molecule has 0 fully saturated rings. The van der Waals surface area contributed by atoms with Gasteiger partial charge in [-0.05, 0) is 42.0 Å². The maximum Gasteiger partial charge on any atom is 0.277 e. The molecule has 144 valence electrons. The van der Waals surface area contributed by atoms with E-state index in [0.717, 1.165) is 5.56 Å². The lowest BCUT2D eigenvalue weighted by Gasteiger charge is -2.08. The van der Waals surface area contributed by atoms with Crippen molar-refractivity contribution in [2.24, 2.45) is 0 Å². The minimum atomic E-state index is -0.374. The van der Waals surface area contributed by atoms with Crippen molar-refractivity contribution in [2.45, 2.75) is 6.61 Å². The third-order valence-corrected chi connectivity index (χ3v) is 4.13. The molecule has 2 heterocycles. The van der Waals surface area contributed by atoms with Gasteiger partial charge in [0.05, 0.1) is 5.56 Å². The predicted octanol–water partition coefficient (Wildman–Crippen LogP) is 4.15. The molecule has 2 aromatic carbocycles. The number of nitrogens with two attached hydrogens (primary N) is 1. The summed E-state index contributed by atoms with van der Waals surface area (Å²) in [7, 11) is 0. The van der Waals surface area contributed by atoms with Crippen LogP contribution in [0.3, 0.4) is 0 Å². The number of oxazole rings is 1. The SMILES string of the molecule is Nc1ccc(-c2nc(C(=O)Nc3ccc(OCc4ccccc4)cc3)co2)cn1. The number of nitrogen functional groups attached to an aromatic ring is 1. The van der Waals surface area contributed by atoms with Crippen LogP contribution in [0.5, 0.6) is 5.75 Å². The minimum Gasteiger partial charge on any atom is -0.489 e. The number of amides is 1. The second-order valence-electron chi connectivity index (χ2n) is 6.26. The summed E-state index contributed by atoms with van der Waals surface area (Å²) in [5.74, 6) is 1.04. The Morgan fingerprint density at radius 3 is 2.55 bits per heavy atom. The summed E-state index contributed by atoms with van der Waals surface area (Å²) in [6.45, 7) is 0.480. The Morgan fingerprint density at radius 2 is 1.83 bits per heavy atom. The highest BCUT2D eigenvalue weighted by molar-refractivity contribution is 6.02.